The second-order valence-corrected chi connectivity index (χ2v) is 3.78. The number of rotatable bonds is 4. The zero-order valence-corrected chi connectivity index (χ0v) is 9.55. The average molecular weight is 255 g/mol. The molecule has 0 aliphatic heterocycles. The number of anilines is 1. The molecule has 0 aliphatic carbocycles. The highest BCUT2D eigenvalue weighted by Gasteiger charge is 2.31. The first-order valence-corrected chi connectivity index (χ1v) is 5.29. The molecule has 0 atom stereocenters. The predicted molar refractivity (Wildman–Crippen MR) is 62.9 cm³/mol. The Balaban J connectivity index is 2.94. The van der Waals surface area contributed by atoms with Crippen molar-refractivity contribution in [3.8, 4) is 12.3 Å². The zero-order valence-electron chi connectivity index (χ0n) is 9.55. The molecule has 0 aromatic heterocycles. The van der Waals surface area contributed by atoms with Gasteiger partial charge in [-0.25, -0.2) is 0 Å². The molecule has 2 nitrogen and oxygen atoms in total. The maximum Gasteiger partial charge on any atom is 0.416 e. The van der Waals surface area contributed by atoms with Gasteiger partial charge in [0.2, 0.25) is 0 Å². The van der Waals surface area contributed by atoms with Gasteiger partial charge in [-0.2, -0.15) is 13.2 Å². The van der Waals surface area contributed by atoms with Gasteiger partial charge in [-0.05, 0) is 24.6 Å². The number of halogens is 3. The van der Waals surface area contributed by atoms with Gasteiger partial charge in [0.1, 0.15) is 0 Å². The predicted octanol–water partition coefficient (Wildman–Crippen LogP) is 3.27. The Morgan fingerprint density at radius 1 is 1.39 bits per heavy atom. The summed E-state index contributed by atoms with van der Waals surface area (Å²) in [5.74, 6) is 1.94. The van der Waals surface area contributed by atoms with Crippen LogP contribution in [0.1, 0.15) is 35.2 Å². The van der Waals surface area contributed by atoms with Gasteiger partial charge >= 0.3 is 6.18 Å². The van der Waals surface area contributed by atoms with Gasteiger partial charge < -0.3 is 5.73 Å². The van der Waals surface area contributed by atoms with E-state index in [0.29, 0.717) is 12.8 Å². The third kappa shape index (κ3) is 3.52. The molecule has 96 valence electrons. The molecule has 5 heteroatoms. The second kappa shape index (κ2) is 5.58. The quantitative estimate of drug-likeness (QED) is 0.388. The molecule has 0 saturated carbocycles. The first kappa shape index (κ1) is 14.1. The minimum atomic E-state index is -4.48. The summed E-state index contributed by atoms with van der Waals surface area (Å²) in [4.78, 5) is 11.7. The van der Waals surface area contributed by atoms with Crippen molar-refractivity contribution in [2.24, 2.45) is 0 Å². The molecule has 0 aliphatic rings. The summed E-state index contributed by atoms with van der Waals surface area (Å²) in [5, 5.41) is 0. The molecule has 0 heterocycles. The van der Waals surface area contributed by atoms with E-state index in [-0.39, 0.29) is 17.7 Å². The van der Waals surface area contributed by atoms with E-state index >= 15 is 0 Å². The van der Waals surface area contributed by atoms with Crippen molar-refractivity contribution < 1.29 is 18.0 Å². The van der Waals surface area contributed by atoms with Crippen LogP contribution in [-0.4, -0.2) is 5.78 Å². The topological polar surface area (TPSA) is 43.1 Å². The summed E-state index contributed by atoms with van der Waals surface area (Å²) in [6.45, 7) is 0. The van der Waals surface area contributed by atoms with Crippen LogP contribution in [0.15, 0.2) is 18.2 Å². The minimum Gasteiger partial charge on any atom is -0.398 e. The highest BCUT2D eigenvalue weighted by atomic mass is 19.4. The monoisotopic (exact) mass is 255 g/mol. The third-order valence-electron chi connectivity index (χ3n) is 2.41. The number of carbonyl (C=O) groups excluding carboxylic acids is 1. The second-order valence-electron chi connectivity index (χ2n) is 3.78. The molecule has 1 aromatic rings. The molecule has 2 N–H and O–H groups in total. The molecular formula is C13H12F3NO. The maximum absolute atomic E-state index is 12.5. The summed E-state index contributed by atoms with van der Waals surface area (Å²) < 4.78 is 37.5. The number of hydrogen-bond donors (Lipinski definition) is 1. The van der Waals surface area contributed by atoms with E-state index in [2.05, 4.69) is 5.92 Å². The van der Waals surface area contributed by atoms with Crippen LogP contribution in [0.5, 0.6) is 0 Å². The number of carbonyl (C=O) groups is 1. The summed E-state index contributed by atoms with van der Waals surface area (Å²) in [5.41, 5.74) is 4.59. The van der Waals surface area contributed by atoms with Gasteiger partial charge in [0.15, 0.2) is 5.78 Å². The van der Waals surface area contributed by atoms with Gasteiger partial charge in [0.05, 0.1) is 5.56 Å². The Morgan fingerprint density at radius 3 is 2.61 bits per heavy atom. The molecule has 0 fully saturated rings. The van der Waals surface area contributed by atoms with Crippen molar-refractivity contribution in [1.29, 1.82) is 0 Å². The molecule has 0 bridgehead atoms. The minimum absolute atomic E-state index is 0.0497. The summed E-state index contributed by atoms with van der Waals surface area (Å²) in [6, 6.07) is 2.73. The normalized spacial score (nSPS) is 11.0. The molecule has 1 aromatic carbocycles. The lowest BCUT2D eigenvalue weighted by molar-refractivity contribution is -0.137. The largest absolute Gasteiger partial charge is 0.416 e. The number of terminal acetylenes is 1. The lowest BCUT2D eigenvalue weighted by Gasteiger charge is -2.10. The van der Waals surface area contributed by atoms with E-state index in [1.54, 1.807) is 0 Å². The molecule has 1 rings (SSSR count). The Bertz CT molecular complexity index is 486. The van der Waals surface area contributed by atoms with Crippen molar-refractivity contribution in [1.82, 2.24) is 0 Å². The molecule has 0 spiro atoms. The van der Waals surface area contributed by atoms with Crippen molar-refractivity contribution in [3.63, 3.8) is 0 Å². The fourth-order valence-corrected chi connectivity index (χ4v) is 1.46. The highest BCUT2D eigenvalue weighted by Crippen LogP contribution is 2.31. The van der Waals surface area contributed by atoms with E-state index in [9.17, 15) is 18.0 Å². The van der Waals surface area contributed by atoms with E-state index in [4.69, 9.17) is 12.2 Å². The molecule has 0 amide bonds. The van der Waals surface area contributed by atoms with Crippen LogP contribution in [0.2, 0.25) is 0 Å². The van der Waals surface area contributed by atoms with Crippen LogP contribution in [0, 0.1) is 12.3 Å². The Labute approximate surface area is 103 Å². The molecule has 0 saturated heterocycles. The number of Topliss-reactive ketones (excluding diaryl/α,β-unsaturated/α-hetero) is 1. The number of unbranched alkanes of at least 4 members (excludes halogenated alkanes) is 1. The summed E-state index contributed by atoms with van der Waals surface area (Å²) >= 11 is 0. The van der Waals surface area contributed by atoms with Crippen LogP contribution < -0.4 is 5.73 Å². The van der Waals surface area contributed by atoms with E-state index in [1.165, 1.54) is 0 Å². The lowest BCUT2D eigenvalue weighted by Crippen LogP contribution is -2.10. The summed E-state index contributed by atoms with van der Waals surface area (Å²) in [7, 11) is 0. The van der Waals surface area contributed by atoms with Crippen LogP contribution in [0.4, 0.5) is 18.9 Å². The number of nitrogens with two attached hydrogens (primary N) is 1. The SMILES string of the molecule is C#CCCCC(=O)c1cc(C(F)(F)F)ccc1N. The van der Waals surface area contributed by atoms with Gasteiger partial charge in [0.25, 0.3) is 0 Å². The van der Waals surface area contributed by atoms with Gasteiger partial charge in [-0.3, -0.25) is 4.79 Å². The Kier molecular flexibility index (Phi) is 4.38. The van der Waals surface area contributed by atoms with Crippen molar-refractivity contribution in [2.75, 3.05) is 5.73 Å². The van der Waals surface area contributed by atoms with Gasteiger partial charge in [0, 0.05) is 24.1 Å². The highest BCUT2D eigenvalue weighted by molar-refractivity contribution is 6.00. The molecule has 0 unspecified atom stereocenters. The zero-order chi connectivity index (χ0) is 13.8. The van der Waals surface area contributed by atoms with Crippen LogP contribution in [0.3, 0.4) is 0 Å². The molecule has 18 heavy (non-hydrogen) atoms. The number of nitrogen functional groups attached to an aromatic ring is 1. The molecule has 0 radical (unpaired) electrons. The number of ketones is 1. The summed E-state index contributed by atoms with van der Waals surface area (Å²) in [6.07, 6.45) is 1.48. The number of alkyl halides is 3. The maximum atomic E-state index is 12.5. The number of benzene rings is 1. The standard InChI is InChI=1S/C13H12F3NO/c1-2-3-4-5-12(18)10-8-9(13(14,15)16)6-7-11(10)17/h1,6-8H,3-5,17H2. The van der Waals surface area contributed by atoms with Crippen LogP contribution >= 0.6 is 0 Å². The first-order valence-electron chi connectivity index (χ1n) is 5.29. The fraction of sp³-hybridized carbons (Fsp3) is 0.308. The lowest BCUT2D eigenvalue weighted by atomic mass is 10.0. The third-order valence-corrected chi connectivity index (χ3v) is 2.41. The average Bonchev–Trinajstić information content (AvgIpc) is 2.28. The van der Waals surface area contributed by atoms with Gasteiger partial charge in [-0.1, -0.05) is 0 Å². The molecular weight excluding hydrogens is 243 g/mol. The van der Waals surface area contributed by atoms with Crippen LogP contribution in [0.25, 0.3) is 0 Å². The fourth-order valence-electron chi connectivity index (χ4n) is 1.46. The number of hydrogen-bond acceptors (Lipinski definition) is 2. The van der Waals surface area contributed by atoms with Crippen molar-refractivity contribution in [3.05, 3.63) is 29.3 Å². The van der Waals surface area contributed by atoms with E-state index in [1.807, 2.05) is 0 Å². The van der Waals surface area contributed by atoms with Crippen molar-refractivity contribution >= 4 is 11.5 Å². The van der Waals surface area contributed by atoms with E-state index in [0.717, 1.165) is 18.2 Å². The van der Waals surface area contributed by atoms with Crippen molar-refractivity contribution in [2.45, 2.75) is 25.4 Å². The van der Waals surface area contributed by atoms with E-state index < -0.39 is 17.5 Å². The van der Waals surface area contributed by atoms with Gasteiger partial charge in [-0.15, -0.1) is 12.3 Å². The Hall–Kier alpha value is -1.96. The van der Waals surface area contributed by atoms with Crippen LogP contribution in [-0.2, 0) is 6.18 Å². The smallest absolute Gasteiger partial charge is 0.398 e. The Morgan fingerprint density at radius 2 is 2.06 bits per heavy atom. The first-order chi connectivity index (χ1) is 8.36.